The minimum Gasteiger partial charge on any atom is -0.0603 e. The van der Waals surface area contributed by atoms with Crippen molar-refractivity contribution in [2.75, 3.05) is 0 Å². The van der Waals surface area contributed by atoms with Crippen molar-refractivity contribution in [2.24, 2.45) is 0 Å². The standard InChI is InChI=1S/C44H30I2/c1-43(2,3)39-24-20-32-15-16-33-21-25-41(45)29-36(33)13-8-7-11-31-19-23-40(44(4,5)6)28-38(31)18-17-34-22-26-42(46)30-37(34)14-10-9-12-35(32)27-39/h19-30H,1-6H3. The Hall–Kier alpha value is -4.30. The minimum atomic E-state index is -0.0283. The van der Waals surface area contributed by atoms with Crippen molar-refractivity contribution in [3.05, 3.63) is 156 Å². The van der Waals surface area contributed by atoms with Crippen LogP contribution in [0.5, 0.6) is 0 Å². The smallest absolute Gasteiger partial charge is 0.0422 e. The predicted molar refractivity (Wildman–Crippen MR) is 207 cm³/mol. The van der Waals surface area contributed by atoms with E-state index in [2.05, 4.69) is 186 Å². The summed E-state index contributed by atoms with van der Waals surface area (Å²) in [5.74, 6) is 0. The molecular formula is C44H30I2. The van der Waals surface area contributed by atoms with Gasteiger partial charge in [0.1, 0.15) is 0 Å². The van der Waals surface area contributed by atoms with Gasteiger partial charge in [0, 0.05) is 48.9 Å². The molecule has 0 nitrogen and oxygen atoms in total. The Morgan fingerprint density at radius 3 is 1.02 bits per heavy atom. The van der Waals surface area contributed by atoms with Gasteiger partial charge in [-0.2, -0.15) is 0 Å². The van der Waals surface area contributed by atoms with Crippen LogP contribution >= 0.6 is 45.2 Å². The third kappa shape index (κ3) is 8.49. The van der Waals surface area contributed by atoms with E-state index in [1.807, 2.05) is 42.5 Å². The lowest BCUT2D eigenvalue weighted by Gasteiger charge is -2.18. The zero-order valence-electron chi connectivity index (χ0n) is 26.7. The molecule has 220 valence electrons. The van der Waals surface area contributed by atoms with Crippen molar-refractivity contribution in [3.63, 3.8) is 0 Å². The van der Waals surface area contributed by atoms with Crippen LogP contribution in [-0.2, 0) is 10.8 Å². The Morgan fingerprint density at radius 1 is 0.348 bits per heavy atom. The lowest BCUT2D eigenvalue weighted by Crippen LogP contribution is -2.26. The number of hydrogen-bond acceptors (Lipinski definition) is 0. The number of benzene rings is 4. The Labute approximate surface area is 296 Å². The lowest BCUT2D eigenvalue weighted by atomic mass is 9.86. The van der Waals surface area contributed by atoms with Crippen molar-refractivity contribution < 1.29 is 0 Å². The molecule has 0 radical (unpaired) electrons. The maximum atomic E-state index is 3.40. The highest BCUT2D eigenvalue weighted by atomic mass is 127. The summed E-state index contributed by atoms with van der Waals surface area (Å²) in [6.07, 6.45) is 0. The predicted octanol–water partition coefficient (Wildman–Crippen LogP) is 4.49. The van der Waals surface area contributed by atoms with Crippen LogP contribution in [-0.4, -0.2) is 0 Å². The Bertz CT molecular complexity index is 2800. The van der Waals surface area contributed by atoms with Gasteiger partial charge in [0.2, 0.25) is 0 Å². The van der Waals surface area contributed by atoms with Crippen LogP contribution in [0.25, 0.3) is 45.8 Å². The van der Waals surface area contributed by atoms with E-state index in [4.69, 9.17) is 0 Å². The molecule has 0 N–H and O–H groups in total. The molecule has 0 unspecified atom stereocenters. The maximum absolute atomic E-state index is 3.40. The molecule has 0 saturated carbocycles. The van der Waals surface area contributed by atoms with Gasteiger partial charge >= 0.3 is 0 Å². The molecule has 0 fully saturated rings. The summed E-state index contributed by atoms with van der Waals surface area (Å²) >= 11 is 4.60. The Kier molecular flexibility index (Phi) is 10.1. The molecule has 1 aliphatic carbocycles. The molecule has 0 atom stereocenters. The van der Waals surface area contributed by atoms with Crippen LogP contribution in [0.3, 0.4) is 0 Å². The topological polar surface area (TPSA) is 0 Å². The van der Waals surface area contributed by atoms with Gasteiger partial charge in [-0.05, 0) is 151 Å². The molecule has 0 aliphatic heterocycles. The largest absolute Gasteiger partial charge is 0.0603 e. The number of fused-ring (bicyclic) bond motifs is 4. The van der Waals surface area contributed by atoms with Gasteiger partial charge in [-0.25, -0.2) is 0 Å². The van der Waals surface area contributed by atoms with Gasteiger partial charge < -0.3 is 0 Å². The number of hydrogen-bond donors (Lipinski definition) is 0. The van der Waals surface area contributed by atoms with Crippen molar-refractivity contribution in [1.82, 2.24) is 0 Å². The highest BCUT2D eigenvalue weighted by Gasteiger charge is 2.13. The summed E-state index contributed by atoms with van der Waals surface area (Å²) in [6, 6.07) is 24.8. The molecule has 0 saturated heterocycles. The van der Waals surface area contributed by atoms with Crippen molar-refractivity contribution in [3.8, 4) is 0 Å². The molecule has 0 bridgehead atoms. The van der Waals surface area contributed by atoms with E-state index in [1.54, 1.807) is 0 Å². The fourth-order valence-electron chi connectivity index (χ4n) is 4.57. The number of halogens is 2. The van der Waals surface area contributed by atoms with E-state index in [9.17, 15) is 0 Å². The van der Waals surface area contributed by atoms with E-state index in [0.29, 0.717) is 0 Å². The fourth-order valence-corrected chi connectivity index (χ4v) is 5.55. The van der Waals surface area contributed by atoms with Gasteiger partial charge in [-0.15, -0.1) is 0 Å². The van der Waals surface area contributed by atoms with Crippen LogP contribution in [0.4, 0.5) is 0 Å². The monoisotopic (exact) mass is 812 g/mol. The van der Waals surface area contributed by atoms with E-state index in [1.165, 1.54) is 11.1 Å². The van der Waals surface area contributed by atoms with Gasteiger partial charge in [-0.1, -0.05) is 99.5 Å². The zero-order valence-corrected chi connectivity index (χ0v) is 31.0. The highest BCUT2D eigenvalue weighted by molar-refractivity contribution is 14.1. The van der Waals surface area contributed by atoms with Crippen LogP contribution in [0.2, 0.25) is 0 Å². The van der Waals surface area contributed by atoms with Crippen molar-refractivity contribution in [2.45, 2.75) is 52.4 Å². The van der Waals surface area contributed by atoms with Crippen LogP contribution in [0.1, 0.15) is 52.7 Å². The highest BCUT2D eigenvalue weighted by Crippen LogP contribution is 2.20. The molecule has 5 rings (SSSR count). The molecular weight excluding hydrogens is 782 g/mol. The zero-order chi connectivity index (χ0) is 32.9. The second-order valence-corrected chi connectivity index (χ2v) is 15.4. The van der Waals surface area contributed by atoms with Gasteiger partial charge in [-0.3, -0.25) is 0 Å². The van der Waals surface area contributed by atoms with E-state index < -0.39 is 0 Å². The average Bonchev–Trinajstić information content (AvgIpc) is 2.99. The third-order valence-electron chi connectivity index (χ3n) is 7.31. The summed E-state index contributed by atoms with van der Waals surface area (Å²) in [7, 11) is 0. The molecule has 0 amide bonds. The van der Waals surface area contributed by atoms with Gasteiger partial charge in [0.15, 0.2) is 0 Å². The van der Waals surface area contributed by atoms with Crippen LogP contribution in [0.15, 0.2) is 95.7 Å². The molecule has 4 aromatic rings. The molecule has 0 heterocycles. The first kappa shape index (κ1) is 33.1. The van der Waals surface area contributed by atoms with Crippen molar-refractivity contribution >= 4 is 91.0 Å². The van der Waals surface area contributed by atoms with Crippen LogP contribution < -0.4 is 41.7 Å². The normalized spacial score (nSPS) is 11.5. The van der Waals surface area contributed by atoms with Crippen LogP contribution in [0, 0.1) is 7.14 Å². The molecule has 2 heteroatoms. The summed E-state index contributed by atoms with van der Waals surface area (Å²) < 4.78 is 2.17. The van der Waals surface area contributed by atoms with Gasteiger partial charge in [0.25, 0.3) is 0 Å². The first-order valence-corrected chi connectivity index (χ1v) is 17.0. The van der Waals surface area contributed by atoms with Gasteiger partial charge in [0.05, 0.1) is 0 Å². The summed E-state index contributed by atoms with van der Waals surface area (Å²) in [6.45, 7) is 13.2. The molecule has 4 aromatic carbocycles. The maximum Gasteiger partial charge on any atom is 0.0422 e. The first-order chi connectivity index (χ1) is 21.9. The lowest BCUT2D eigenvalue weighted by molar-refractivity contribution is 0.589. The van der Waals surface area contributed by atoms with E-state index >= 15 is 0 Å². The average molecular weight is 813 g/mol. The molecule has 0 aromatic heterocycles. The van der Waals surface area contributed by atoms with E-state index in [-0.39, 0.29) is 10.8 Å². The fraction of sp³-hybridized carbons (Fsp3) is 0.182. The SMILES string of the molecule is CC(C)(C)c1ccc2c(c1)=C=C=C=C=c1cc(I)ccc1=C=C=c1cc(C(C)(C)C)ccc1=C=C=C=C=c1cc(I)ccc1=C=C=2. The Morgan fingerprint density at radius 2 is 0.630 bits per heavy atom. The molecule has 1 aliphatic rings. The second kappa shape index (κ2) is 14.0. The Balaban J connectivity index is 2.18. The minimum absolute atomic E-state index is 0.0283. The third-order valence-corrected chi connectivity index (χ3v) is 8.65. The van der Waals surface area contributed by atoms with Crippen molar-refractivity contribution in [1.29, 1.82) is 0 Å². The molecule has 46 heavy (non-hydrogen) atoms. The second-order valence-electron chi connectivity index (χ2n) is 12.9. The summed E-state index contributed by atoms with van der Waals surface area (Å²) in [4.78, 5) is 0. The summed E-state index contributed by atoms with van der Waals surface area (Å²) in [5.41, 5.74) is 41.2. The summed E-state index contributed by atoms with van der Waals surface area (Å²) in [5, 5.41) is 6.75. The first-order valence-electron chi connectivity index (χ1n) is 14.8. The van der Waals surface area contributed by atoms with E-state index in [0.717, 1.165) is 48.9 Å². The quantitative estimate of drug-likeness (QED) is 0.160. The number of rotatable bonds is 0. The molecule has 0 spiro atoms.